The maximum absolute atomic E-state index is 15.4. The number of aromatic nitrogens is 15. The molecule has 0 saturated heterocycles. The average Bonchev–Trinajstić information content (AvgIpc) is 1.68. The molecule has 424 valence electrons. The van der Waals surface area contributed by atoms with E-state index in [0.29, 0.717) is 17.0 Å². The topological polar surface area (TPSA) is 154 Å². The summed E-state index contributed by atoms with van der Waals surface area (Å²) in [6.07, 6.45) is 10.4. The quantitative estimate of drug-likeness (QED) is 0.122. The monoisotopic (exact) mass is 1150 g/mol. The van der Waals surface area contributed by atoms with Crippen LogP contribution in [0.2, 0.25) is 0 Å². The van der Waals surface area contributed by atoms with Crippen LogP contribution in [-0.4, -0.2) is 72.7 Å². The minimum absolute atomic E-state index is 0.0255. The lowest BCUT2D eigenvalue weighted by Crippen LogP contribution is -2.14. The largest absolute Gasteiger partial charge is 0.450 e. The second kappa shape index (κ2) is 20.4. The first-order valence-corrected chi connectivity index (χ1v) is 28.6. The lowest BCUT2D eigenvalue weighted by atomic mass is 9.83. The Morgan fingerprint density at radius 2 is 0.839 bits per heavy atom. The van der Waals surface area contributed by atoms with Gasteiger partial charge in [-0.15, -0.1) is 0 Å². The molecule has 0 aliphatic rings. The van der Waals surface area contributed by atoms with Crippen LogP contribution in [0.5, 0.6) is 0 Å². The van der Waals surface area contributed by atoms with Gasteiger partial charge < -0.3 is 0 Å². The molecule has 0 unspecified atom stereocenters. The van der Waals surface area contributed by atoms with E-state index in [2.05, 4.69) is 144 Å². The van der Waals surface area contributed by atoms with E-state index in [1.54, 1.807) is 61.6 Å². The summed E-state index contributed by atoms with van der Waals surface area (Å²) in [7, 11) is 0. The van der Waals surface area contributed by atoms with Crippen molar-refractivity contribution in [3.8, 4) is 72.9 Å². The van der Waals surface area contributed by atoms with Crippen molar-refractivity contribution < 1.29 is 13.2 Å². The highest BCUT2D eigenvalue weighted by Crippen LogP contribution is 2.50. The van der Waals surface area contributed by atoms with Gasteiger partial charge in [0.25, 0.3) is 0 Å². The van der Waals surface area contributed by atoms with E-state index in [-0.39, 0.29) is 28.6 Å². The van der Waals surface area contributed by atoms with Gasteiger partial charge in [0.15, 0.2) is 5.65 Å². The number of hydrogen-bond donors (Lipinski definition) is 0. The van der Waals surface area contributed by atoms with Crippen LogP contribution in [0, 0.1) is 13.8 Å². The molecule has 0 bridgehead atoms. The van der Waals surface area contributed by atoms with Crippen molar-refractivity contribution in [3.63, 3.8) is 0 Å². The Kier molecular flexibility index (Phi) is 12.4. The fraction of sp³-hybridized carbons (Fsp3) is 0.130. The van der Waals surface area contributed by atoms with Crippen molar-refractivity contribution in [1.82, 2.24) is 72.7 Å². The third-order valence-corrected chi connectivity index (χ3v) is 16.1. The second-order valence-corrected chi connectivity index (χ2v) is 22.2. The van der Waals surface area contributed by atoms with E-state index in [9.17, 15) is 0 Å². The maximum atomic E-state index is 15.4. The highest BCUT2D eigenvalue weighted by atomic mass is 19.4. The minimum atomic E-state index is -4.81. The van der Waals surface area contributed by atoms with Crippen LogP contribution in [0.4, 0.5) is 13.2 Å². The first kappa shape index (κ1) is 52.8. The van der Waals surface area contributed by atoms with Gasteiger partial charge in [0.1, 0.15) is 45.4 Å². The lowest BCUT2D eigenvalue weighted by molar-refractivity contribution is -0.145. The molecule has 0 fully saturated rings. The summed E-state index contributed by atoms with van der Waals surface area (Å²) in [6, 6.07) is 46.2. The van der Waals surface area contributed by atoms with E-state index in [1.807, 2.05) is 62.4 Å². The molecule has 15 rings (SSSR count). The first-order valence-electron chi connectivity index (χ1n) is 28.6. The number of rotatable bonds is 11. The molecule has 0 aliphatic carbocycles. The van der Waals surface area contributed by atoms with E-state index in [1.165, 1.54) is 17.0 Å². The van der Waals surface area contributed by atoms with Crippen molar-refractivity contribution in [2.45, 2.75) is 59.6 Å². The Balaban J connectivity index is 1.10. The smallest absolute Gasteiger partial charge is 0.296 e. The van der Waals surface area contributed by atoms with Crippen LogP contribution >= 0.6 is 0 Å². The predicted molar refractivity (Wildman–Crippen MR) is 333 cm³/mol. The minimum Gasteiger partial charge on any atom is -0.296 e. The molecule has 10 heterocycles. The molecule has 0 N–H and O–H groups in total. The maximum Gasteiger partial charge on any atom is 0.450 e. The molecule has 5 aromatic carbocycles. The molecule has 10 aromatic heterocycles. The summed E-state index contributed by atoms with van der Waals surface area (Å²) in [4.78, 5) is 46.6. The summed E-state index contributed by atoms with van der Waals surface area (Å²) in [5.74, 6) is 2.23. The van der Waals surface area contributed by atoms with Gasteiger partial charge in [0.2, 0.25) is 5.82 Å². The zero-order valence-electron chi connectivity index (χ0n) is 48.0. The zero-order valence-corrected chi connectivity index (χ0v) is 48.0. The number of imidazole rings is 5. The number of alkyl halides is 3. The summed E-state index contributed by atoms with van der Waals surface area (Å²) in [5, 5.41) is 0. The van der Waals surface area contributed by atoms with E-state index in [0.717, 1.165) is 118 Å². The number of aryl methyl sites for hydroxylation is 2. The standard InChI is InChI=1S/C69H52F3N15/c1-39(2)66-80-54-36-74-28-23-58(54)85(66)47-20-18-43(19-21-47)51-34-52(44-11-7-16-50(31-44)87-60-25-30-76-38-56(60)82-68(87)69(70,71)72)63(46-13-9-15-49(33-46)86-59-24-29-75-37-55(59)81-67(86)40(3)4)64(84-42(6)79-65-61(84)17-10-26-77-65)62(51)45-12-8-14-48(32-45)83-41(5)78-53-35-73-27-22-57(53)83/h7-40H,1-6H3. The van der Waals surface area contributed by atoms with Crippen molar-refractivity contribution in [3.05, 3.63) is 224 Å². The predicted octanol–water partition coefficient (Wildman–Crippen LogP) is 15.9. The molecule has 0 amide bonds. The van der Waals surface area contributed by atoms with Gasteiger partial charge in [0, 0.05) is 76.7 Å². The van der Waals surface area contributed by atoms with E-state index in [4.69, 9.17) is 24.9 Å². The highest BCUT2D eigenvalue weighted by molar-refractivity contribution is 6.04. The molecule has 18 heteroatoms. The molecular weight excluding hydrogens is 1100 g/mol. The number of fused-ring (bicyclic) bond motifs is 5. The Morgan fingerprint density at radius 1 is 0.379 bits per heavy atom. The number of nitrogens with zero attached hydrogens (tertiary/aromatic N) is 15. The van der Waals surface area contributed by atoms with Crippen LogP contribution in [0.25, 0.3) is 128 Å². The van der Waals surface area contributed by atoms with Gasteiger partial charge in [-0.25, -0.2) is 29.9 Å². The Hall–Kier alpha value is -11.0. The zero-order chi connectivity index (χ0) is 59.4. The first-order chi connectivity index (χ1) is 42.3. The second-order valence-electron chi connectivity index (χ2n) is 22.2. The molecule has 87 heavy (non-hydrogen) atoms. The normalized spacial score (nSPS) is 12.2. The molecule has 0 spiro atoms. The third kappa shape index (κ3) is 8.72. The highest BCUT2D eigenvalue weighted by Gasteiger charge is 2.38. The number of halogens is 3. The van der Waals surface area contributed by atoms with Crippen LogP contribution in [-0.2, 0) is 6.18 Å². The molecular formula is C69H52F3N15. The summed E-state index contributed by atoms with van der Waals surface area (Å²) < 4.78 is 56.0. The lowest BCUT2D eigenvalue weighted by Gasteiger charge is -2.26. The van der Waals surface area contributed by atoms with Crippen LogP contribution < -0.4 is 0 Å². The fourth-order valence-corrected chi connectivity index (χ4v) is 12.4. The summed E-state index contributed by atoms with van der Waals surface area (Å²) in [5.41, 5.74) is 16.6. The van der Waals surface area contributed by atoms with Crippen LogP contribution in [0.3, 0.4) is 0 Å². The molecule has 15 aromatic rings. The summed E-state index contributed by atoms with van der Waals surface area (Å²) >= 11 is 0. The van der Waals surface area contributed by atoms with Gasteiger partial charge in [-0.2, -0.15) is 13.2 Å². The van der Waals surface area contributed by atoms with Crippen molar-refractivity contribution >= 4 is 55.3 Å². The number of pyridine rings is 5. The molecule has 0 saturated carbocycles. The van der Waals surface area contributed by atoms with Crippen LogP contribution in [0.15, 0.2) is 195 Å². The van der Waals surface area contributed by atoms with Crippen molar-refractivity contribution in [2.24, 2.45) is 0 Å². The third-order valence-electron chi connectivity index (χ3n) is 16.1. The average molecular weight is 1150 g/mol. The van der Waals surface area contributed by atoms with Gasteiger partial charge in [-0.1, -0.05) is 76.2 Å². The Labute approximate surface area is 495 Å². The van der Waals surface area contributed by atoms with Crippen molar-refractivity contribution in [2.75, 3.05) is 0 Å². The fourth-order valence-electron chi connectivity index (χ4n) is 12.4. The van der Waals surface area contributed by atoms with Gasteiger partial charge in [-0.3, -0.25) is 42.8 Å². The van der Waals surface area contributed by atoms with Crippen LogP contribution in [0.1, 0.15) is 68.7 Å². The number of hydrogen-bond acceptors (Lipinski definition) is 10. The van der Waals surface area contributed by atoms with E-state index >= 15 is 13.2 Å². The van der Waals surface area contributed by atoms with Gasteiger partial charge >= 0.3 is 6.18 Å². The molecule has 0 aliphatic heterocycles. The molecule has 0 atom stereocenters. The van der Waals surface area contributed by atoms with Gasteiger partial charge in [-0.05, 0) is 138 Å². The van der Waals surface area contributed by atoms with Crippen molar-refractivity contribution in [1.29, 1.82) is 0 Å². The van der Waals surface area contributed by atoms with Gasteiger partial charge in [0.05, 0.1) is 58.1 Å². The Bertz CT molecular complexity index is 5220. The molecule has 15 nitrogen and oxygen atoms in total. The summed E-state index contributed by atoms with van der Waals surface area (Å²) in [6.45, 7) is 12.5. The molecule has 0 radical (unpaired) electrons. The Morgan fingerprint density at radius 3 is 1.40 bits per heavy atom. The number of benzene rings is 5. The SMILES string of the molecule is Cc1nc2cnccc2n1-c1cccc(-c2c(-c3ccc(-n4c(C(C)C)nc5cnccc54)cc3)cc(-c3cccc(-n4c(C(F)(F)F)nc5cnccc54)c3)c(-c3cccc(-n4c(C(C)C)nc5cnccc54)c3)c2-n2c(C)nc3ncccc32)c1. The van der Waals surface area contributed by atoms with E-state index < -0.39 is 12.0 Å².